The Morgan fingerprint density at radius 3 is 2.15 bits per heavy atom. The Hall–Kier alpha value is -1.28. The third-order valence-electron chi connectivity index (χ3n) is 5.00. The zero-order chi connectivity index (χ0) is 18.3. The van der Waals surface area contributed by atoms with E-state index in [9.17, 15) is 0 Å². The number of allylic oxidation sites excluding steroid dienone is 2. The second-order valence-electron chi connectivity index (χ2n) is 7.54. The minimum absolute atomic E-state index is 0.325. The molecule has 0 aliphatic carbocycles. The van der Waals surface area contributed by atoms with Gasteiger partial charge in [-0.2, -0.15) is 0 Å². The monoisotopic (exact) mass is 358 g/mol. The van der Waals surface area contributed by atoms with E-state index in [1.165, 1.54) is 69.8 Å². The summed E-state index contributed by atoms with van der Waals surface area (Å²) in [6, 6.07) is 8.50. The molecule has 0 amide bonds. The van der Waals surface area contributed by atoms with Crippen LogP contribution in [0.3, 0.4) is 0 Å². The van der Waals surface area contributed by atoms with Crippen LogP contribution in [-0.4, -0.2) is 19.3 Å². The van der Waals surface area contributed by atoms with Crippen molar-refractivity contribution < 1.29 is 9.47 Å². The standard InChI is InChI=1S/C24H38O2/c1-2-3-4-5-6-7-8-9-10-11-12-13-14-15-22-16-18-23(19-17-22)25-20-24-21-26-24/h12-13,16-19,24H,2-11,14-15,20-21H2,1H3/b13-12+. The fourth-order valence-electron chi connectivity index (χ4n) is 3.16. The van der Waals surface area contributed by atoms with Crippen LogP contribution in [0.1, 0.15) is 83.1 Å². The second kappa shape index (κ2) is 13.9. The molecule has 0 saturated carbocycles. The summed E-state index contributed by atoms with van der Waals surface area (Å²) in [6.45, 7) is 3.82. The second-order valence-corrected chi connectivity index (χ2v) is 7.54. The molecule has 2 nitrogen and oxygen atoms in total. The molecule has 1 unspecified atom stereocenters. The summed E-state index contributed by atoms with van der Waals surface area (Å²) in [4.78, 5) is 0. The molecule has 0 N–H and O–H groups in total. The summed E-state index contributed by atoms with van der Waals surface area (Å²) in [5, 5.41) is 0. The molecular weight excluding hydrogens is 320 g/mol. The van der Waals surface area contributed by atoms with Crippen LogP contribution in [0.2, 0.25) is 0 Å². The maximum atomic E-state index is 5.67. The minimum Gasteiger partial charge on any atom is -0.491 e. The van der Waals surface area contributed by atoms with Gasteiger partial charge in [0.05, 0.1) is 6.61 Å². The third kappa shape index (κ3) is 10.7. The highest BCUT2D eigenvalue weighted by atomic mass is 16.6. The predicted octanol–water partition coefficient (Wildman–Crippen LogP) is 6.87. The van der Waals surface area contributed by atoms with Crippen molar-refractivity contribution in [3.05, 3.63) is 42.0 Å². The van der Waals surface area contributed by atoms with Gasteiger partial charge < -0.3 is 9.47 Å². The fraction of sp³-hybridized carbons (Fsp3) is 0.667. The molecule has 2 rings (SSSR count). The van der Waals surface area contributed by atoms with Crippen molar-refractivity contribution in [2.75, 3.05) is 13.2 Å². The number of aryl methyl sites for hydroxylation is 1. The maximum Gasteiger partial charge on any atom is 0.119 e. The summed E-state index contributed by atoms with van der Waals surface area (Å²) in [7, 11) is 0. The van der Waals surface area contributed by atoms with Gasteiger partial charge in [0.2, 0.25) is 0 Å². The van der Waals surface area contributed by atoms with E-state index >= 15 is 0 Å². The number of rotatable bonds is 16. The molecule has 1 saturated heterocycles. The van der Waals surface area contributed by atoms with Crippen LogP contribution < -0.4 is 4.74 Å². The normalized spacial score (nSPS) is 16.3. The Labute approximate surface area is 161 Å². The van der Waals surface area contributed by atoms with Gasteiger partial charge in [-0.05, 0) is 43.4 Å². The van der Waals surface area contributed by atoms with Crippen molar-refractivity contribution in [3.8, 4) is 5.75 Å². The van der Waals surface area contributed by atoms with E-state index < -0.39 is 0 Å². The molecule has 2 heteroatoms. The summed E-state index contributed by atoms with van der Waals surface area (Å²) in [5.74, 6) is 0.949. The number of hydrogen-bond acceptors (Lipinski definition) is 2. The SMILES string of the molecule is CCCCCCCCCCC/C=C/CCc1ccc(OCC2CO2)cc1. The lowest BCUT2D eigenvalue weighted by Crippen LogP contribution is -2.03. The maximum absolute atomic E-state index is 5.67. The number of epoxide rings is 1. The largest absolute Gasteiger partial charge is 0.491 e. The Balaban J connectivity index is 1.40. The molecular formula is C24H38O2. The lowest BCUT2D eigenvalue weighted by atomic mass is 10.1. The molecule has 1 heterocycles. The van der Waals surface area contributed by atoms with Gasteiger partial charge in [0.15, 0.2) is 0 Å². The Bertz CT molecular complexity index is 473. The fourth-order valence-corrected chi connectivity index (χ4v) is 3.16. The first-order valence-electron chi connectivity index (χ1n) is 10.9. The van der Waals surface area contributed by atoms with E-state index in [1.807, 2.05) is 0 Å². The number of benzene rings is 1. The number of ether oxygens (including phenoxy) is 2. The first-order chi connectivity index (χ1) is 12.9. The summed E-state index contributed by atoms with van der Waals surface area (Å²) in [5.41, 5.74) is 1.38. The average Bonchev–Trinajstić information content (AvgIpc) is 3.49. The van der Waals surface area contributed by atoms with Crippen LogP contribution in [0, 0.1) is 0 Å². The highest BCUT2D eigenvalue weighted by Gasteiger charge is 2.22. The first-order valence-corrected chi connectivity index (χ1v) is 10.9. The molecule has 0 spiro atoms. The number of hydrogen-bond donors (Lipinski definition) is 0. The Kier molecular flexibility index (Phi) is 11.2. The van der Waals surface area contributed by atoms with E-state index in [0.717, 1.165) is 25.2 Å². The zero-order valence-corrected chi connectivity index (χ0v) is 16.8. The van der Waals surface area contributed by atoms with E-state index in [1.54, 1.807) is 0 Å². The molecule has 0 radical (unpaired) electrons. The van der Waals surface area contributed by atoms with Crippen LogP contribution in [0.4, 0.5) is 0 Å². The van der Waals surface area contributed by atoms with Gasteiger partial charge in [-0.25, -0.2) is 0 Å². The number of unbranched alkanes of at least 4 members (excludes halogenated alkanes) is 9. The van der Waals surface area contributed by atoms with E-state index in [2.05, 4.69) is 43.3 Å². The van der Waals surface area contributed by atoms with Crippen molar-refractivity contribution in [2.24, 2.45) is 0 Å². The van der Waals surface area contributed by atoms with Gasteiger partial charge in [-0.15, -0.1) is 0 Å². The topological polar surface area (TPSA) is 21.8 Å². The summed E-state index contributed by atoms with van der Waals surface area (Å²) < 4.78 is 10.8. The molecule has 0 aromatic heterocycles. The molecule has 26 heavy (non-hydrogen) atoms. The van der Waals surface area contributed by atoms with Crippen molar-refractivity contribution in [2.45, 2.75) is 90.1 Å². The van der Waals surface area contributed by atoms with E-state index in [-0.39, 0.29) is 0 Å². The van der Waals surface area contributed by atoms with Crippen LogP contribution >= 0.6 is 0 Å². The smallest absolute Gasteiger partial charge is 0.119 e. The van der Waals surface area contributed by atoms with Gasteiger partial charge in [-0.3, -0.25) is 0 Å². The Morgan fingerprint density at radius 2 is 1.50 bits per heavy atom. The predicted molar refractivity (Wildman–Crippen MR) is 111 cm³/mol. The van der Waals surface area contributed by atoms with Crippen LogP contribution in [0.25, 0.3) is 0 Å². The Morgan fingerprint density at radius 1 is 0.885 bits per heavy atom. The molecule has 1 aliphatic rings. The van der Waals surface area contributed by atoms with Crippen molar-refractivity contribution in [1.29, 1.82) is 0 Å². The van der Waals surface area contributed by atoms with Gasteiger partial charge in [0, 0.05) is 0 Å². The molecule has 1 fully saturated rings. The van der Waals surface area contributed by atoms with Crippen molar-refractivity contribution in [1.82, 2.24) is 0 Å². The third-order valence-corrected chi connectivity index (χ3v) is 5.00. The molecule has 1 atom stereocenters. The van der Waals surface area contributed by atoms with Crippen LogP contribution in [0.15, 0.2) is 36.4 Å². The van der Waals surface area contributed by atoms with Gasteiger partial charge >= 0.3 is 0 Å². The zero-order valence-electron chi connectivity index (χ0n) is 16.8. The van der Waals surface area contributed by atoms with Crippen molar-refractivity contribution in [3.63, 3.8) is 0 Å². The quantitative estimate of drug-likeness (QED) is 0.183. The highest BCUT2D eigenvalue weighted by Crippen LogP contribution is 2.17. The van der Waals surface area contributed by atoms with E-state index in [0.29, 0.717) is 12.7 Å². The minimum atomic E-state index is 0.325. The molecule has 0 bridgehead atoms. The highest BCUT2D eigenvalue weighted by molar-refractivity contribution is 5.27. The average molecular weight is 359 g/mol. The summed E-state index contributed by atoms with van der Waals surface area (Å²) >= 11 is 0. The lowest BCUT2D eigenvalue weighted by Gasteiger charge is -2.05. The molecule has 1 aromatic carbocycles. The van der Waals surface area contributed by atoms with Gasteiger partial charge in [-0.1, -0.05) is 82.6 Å². The van der Waals surface area contributed by atoms with Crippen molar-refractivity contribution >= 4 is 0 Å². The lowest BCUT2D eigenvalue weighted by molar-refractivity contribution is 0.263. The van der Waals surface area contributed by atoms with Gasteiger partial charge in [0.1, 0.15) is 18.5 Å². The molecule has 1 aliphatic heterocycles. The van der Waals surface area contributed by atoms with Gasteiger partial charge in [0.25, 0.3) is 0 Å². The first kappa shape index (κ1) is 21.0. The van der Waals surface area contributed by atoms with Crippen LogP contribution in [-0.2, 0) is 11.2 Å². The molecule has 146 valence electrons. The van der Waals surface area contributed by atoms with Crippen LogP contribution in [0.5, 0.6) is 5.75 Å². The van der Waals surface area contributed by atoms with E-state index in [4.69, 9.17) is 9.47 Å². The molecule has 1 aromatic rings. The summed E-state index contributed by atoms with van der Waals surface area (Å²) in [6.07, 6.45) is 21.2.